The van der Waals surface area contributed by atoms with Crippen LogP contribution < -0.4 is 4.90 Å². The molecule has 0 amide bonds. The molecule has 0 N–H and O–H groups in total. The molecule has 0 fully saturated rings. The van der Waals surface area contributed by atoms with Crippen molar-refractivity contribution < 1.29 is 0 Å². The Morgan fingerprint density at radius 3 is 2.23 bits per heavy atom. The van der Waals surface area contributed by atoms with E-state index in [9.17, 15) is 0 Å². The van der Waals surface area contributed by atoms with Crippen LogP contribution in [0.1, 0.15) is 27.7 Å². The number of pyridine rings is 1. The Labute approximate surface area is 81.6 Å². The summed E-state index contributed by atoms with van der Waals surface area (Å²) in [6.07, 6.45) is 1.81. The van der Waals surface area contributed by atoms with Gasteiger partial charge in [0.2, 0.25) is 0 Å². The maximum atomic E-state index is 4.23. The average Bonchev–Trinajstić information content (AvgIpc) is 2.21. The summed E-state index contributed by atoms with van der Waals surface area (Å²) in [5.41, 5.74) is 0. The lowest BCUT2D eigenvalue weighted by Gasteiger charge is -2.21. The van der Waals surface area contributed by atoms with Crippen molar-refractivity contribution in [1.29, 1.82) is 0 Å². The third kappa shape index (κ3) is 3.92. The third-order valence-electron chi connectivity index (χ3n) is 1.79. The van der Waals surface area contributed by atoms with Crippen LogP contribution in [0.2, 0.25) is 0 Å². The molecule has 1 heterocycles. The molecule has 0 atom stereocenters. The van der Waals surface area contributed by atoms with Crippen molar-refractivity contribution >= 4 is 5.82 Å². The molecule has 1 rings (SSSR count). The lowest BCUT2D eigenvalue weighted by atomic mass is 10.3. The first-order chi connectivity index (χ1) is 6.22. The van der Waals surface area contributed by atoms with E-state index in [-0.39, 0.29) is 0 Å². The number of anilines is 1. The molecule has 0 saturated carbocycles. The van der Waals surface area contributed by atoms with Crippen molar-refractivity contribution in [3.05, 3.63) is 24.4 Å². The summed E-state index contributed by atoms with van der Waals surface area (Å²) in [6.45, 7) is 8.30. The van der Waals surface area contributed by atoms with Crippen LogP contribution in [0.25, 0.3) is 0 Å². The average molecular weight is 180 g/mol. The SMILES string of the molecule is CC.CC(C)N(C)c1ccccn1. The first-order valence-corrected chi connectivity index (χ1v) is 4.85. The van der Waals surface area contributed by atoms with E-state index in [2.05, 4.69) is 23.7 Å². The molecular formula is C11H20N2. The molecule has 1 aromatic heterocycles. The lowest BCUT2D eigenvalue weighted by Crippen LogP contribution is -2.26. The zero-order valence-electron chi connectivity index (χ0n) is 9.28. The second-order valence-electron chi connectivity index (χ2n) is 2.89. The maximum Gasteiger partial charge on any atom is 0.128 e. The fourth-order valence-electron chi connectivity index (χ4n) is 0.827. The Kier molecular flexibility index (Phi) is 5.94. The zero-order chi connectivity index (χ0) is 10.3. The molecule has 2 heteroatoms. The molecule has 0 radical (unpaired) electrons. The number of rotatable bonds is 2. The predicted octanol–water partition coefficient (Wildman–Crippen LogP) is 2.95. The van der Waals surface area contributed by atoms with Crippen LogP contribution in [-0.2, 0) is 0 Å². The first kappa shape index (κ1) is 11.9. The molecule has 0 spiro atoms. The topological polar surface area (TPSA) is 16.1 Å². The Bertz CT molecular complexity index is 207. The molecule has 13 heavy (non-hydrogen) atoms. The van der Waals surface area contributed by atoms with E-state index >= 15 is 0 Å². The molecule has 0 unspecified atom stereocenters. The second-order valence-corrected chi connectivity index (χ2v) is 2.89. The van der Waals surface area contributed by atoms with Gasteiger partial charge in [0.15, 0.2) is 0 Å². The minimum absolute atomic E-state index is 0.505. The van der Waals surface area contributed by atoms with Crippen LogP contribution in [-0.4, -0.2) is 18.1 Å². The largest absolute Gasteiger partial charge is 0.357 e. The van der Waals surface area contributed by atoms with Gasteiger partial charge in [0.05, 0.1) is 0 Å². The quantitative estimate of drug-likeness (QED) is 0.695. The highest BCUT2D eigenvalue weighted by Gasteiger charge is 2.03. The molecular weight excluding hydrogens is 160 g/mol. The van der Waals surface area contributed by atoms with E-state index < -0.39 is 0 Å². The van der Waals surface area contributed by atoms with Crippen molar-refractivity contribution in [2.75, 3.05) is 11.9 Å². The van der Waals surface area contributed by atoms with Gasteiger partial charge in [0.25, 0.3) is 0 Å². The predicted molar refractivity (Wildman–Crippen MR) is 59.1 cm³/mol. The highest BCUT2D eigenvalue weighted by atomic mass is 15.2. The molecule has 0 aliphatic carbocycles. The van der Waals surface area contributed by atoms with E-state index in [1.165, 1.54) is 0 Å². The van der Waals surface area contributed by atoms with E-state index in [1.807, 2.05) is 45.3 Å². The summed E-state index contributed by atoms with van der Waals surface area (Å²) >= 11 is 0. The lowest BCUT2D eigenvalue weighted by molar-refractivity contribution is 0.743. The van der Waals surface area contributed by atoms with Gasteiger partial charge in [-0.15, -0.1) is 0 Å². The number of hydrogen-bond acceptors (Lipinski definition) is 2. The van der Waals surface area contributed by atoms with Crippen LogP contribution in [0.15, 0.2) is 24.4 Å². The van der Waals surface area contributed by atoms with Gasteiger partial charge in [-0.2, -0.15) is 0 Å². The van der Waals surface area contributed by atoms with Crippen molar-refractivity contribution in [1.82, 2.24) is 4.98 Å². The number of nitrogens with zero attached hydrogens (tertiary/aromatic N) is 2. The van der Waals surface area contributed by atoms with E-state index in [1.54, 1.807) is 0 Å². The molecule has 2 nitrogen and oxygen atoms in total. The van der Waals surface area contributed by atoms with Gasteiger partial charge in [-0.25, -0.2) is 4.98 Å². The standard InChI is InChI=1S/C9H14N2.C2H6/c1-8(2)11(3)9-6-4-5-7-10-9;1-2/h4-8H,1-3H3;1-2H3. The Hall–Kier alpha value is -1.05. The fourth-order valence-corrected chi connectivity index (χ4v) is 0.827. The van der Waals surface area contributed by atoms with E-state index in [0.717, 1.165) is 5.82 Å². The zero-order valence-corrected chi connectivity index (χ0v) is 9.28. The third-order valence-corrected chi connectivity index (χ3v) is 1.79. The summed E-state index contributed by atoms with van der Waals surface area (Å²) in [5.74, 6) is 1.03. The van der Waals surface area contributed by atoms with Gasteiger partial charge in [0, 0.05) is 19.3 Å². The summed E-state index contributed by atoms with van der Waals surface area (Å²) in [4.78, 5) is 6.36. The Morgan fingerprint density at radius 2 is 1.85 bits per heavy atom. The molecule has 1 aromatic rings. The van der Waals surface area contributed by atoms with Crippen molar-refractivity contribution in [3.8, 4) is 0 Å². The maximum absolute atomic E-state index is 4.23. The highest BCUT2D eigenvalue weighted by molar-refractivity contribution is 5.37. The Morgan fingerprint density at radius 1 is 1.23 bits per heavy atom. The monoisotopic (exact) mass is 180 g/mol. The molecule has 0 aliphatic rings. The minimum atomic E-state index is 0.505. The fraction of sp³-hybridized carbons (Fsp3) is 0.545. The van der Waals surface area contributed by atoms with Gasteiger partial charge in [-0.05, 0) is 26.0 Å². The van der Waals surface area contributed by atoms with Gasteiger partial charge in [0.1, 0.15) is 5.82 Å². The summed E-state index contributed by atoms with van der Waals surface area (Å²) < 4.78 is 0. The van der Waals surface area contributed by atoms with E-state index in [4.69, 9.17) is 0 Å². The van der Waals surface area contributed by atoms with Crippen LogP contribution in [0, 0.1) is 0 Å². The molecule has 0 aliphatic heterocycles. The van der Waals surface area contributed by atoms with Gasteiger partial charge in [-0.1, -0.05) is 19.9 Å². The number of aromatic nitrogens is 1. The van der Waals surface area contributed by atoms with Crippen molar-refractivity contribution in [3.63, 3.8) is 0 Å². The van der Waals surface area contributed by atoms with Crippen molar-refractivity contribution in [2.24, 2.45) is 0 Å². The summed E-state index contributed by atoms with van der Waals surface area (Å²) in [7, 11) is 2.05. The van der Waals surface area contributed by atoms with Gasteiger partial charge < -0.3 is 4.90 Å². The summed E-state index contributed by atoms with van der Waals surface area (Å²) in [5, 5.41) is 0. The first-order valence-electron chi connectivity index (χ1n) is 4.85. The second kappa shape index (κ2) is 6.46. The van der Waals surface area contributed by atoms with Crippen LogP contribution in [0.5, 0.6) is 0 Å². The van der Waals surface area contributed by atoms with Gasteiger partial charge in [-0.3, -0.25) is 0 Å². The Balaban J connectivity index is 0.000000671. The number of hydrogen-bond donors (Lipinski definition) is 0. The van der Waals surface area contributed by atoms with Crippen LogP contribution >= 0.6 is 0 Å². The molecule has 74 valence electrons. The highest BCUT2D eigenvalue weighted by Crippen LogP contribution is 2.09. The molecule has 0 aromatic carbocycles. The van der Waals surface area contributed by atoms with Crippen LogP contribution in [0.3, 0.4) is 0 Å². The smallest absolute Gasteiger partial charge is 0.128 e. The molecule has 0 saturated heterocycles. The van der Waals surface area contributed by atoms with E-state index in [0.29, 0.717) is 6.04 Å². The molecule has 0 bridgehead atoms. The normalized spacial score (nSPS) is 9.08. The van der Waals surface area contributed by atoms with Gasteiger partial charge >= 0.3 is 0 Å². The summed E-state index contributed by atoms with van der Waals surface area (Å²) in [6, 6.07) is 6.45. The minimum Gasteiger partial charge on any atom is -0.357 e. The van der Waals surface area contributed by atoms with Crippen LogP contribution in [0.4, 0.5) is 5.82 Å². The van der Waals surface area contributed by atoms with Crippen molar-refractivity contribution in [2.45, 2.75) is 33.7 Å².